The Labute approximate surface area is 247 Å². The van der Waals surface area contributed by atoms with Crippen LogP contribution < -0.4 is 10.6 Å². The Morgan fingerprint density at radius 2 is 1.12 bits per heavy atom. The maximum Gasteiger partial charge on any atom is 0.217 e. The molecule has 0 aromatic rings. The molecule has 250 valence electrons. The van der Waals surface area contributed by atoms with Crippen LogP contribution in [0.5, 0.6) is 0 Å². The van der Waals surface area contributed by atoms with Gasteiger partial charge in [-0.25, -0.2) is 0 Å². The highest BCUT2D eigenvalue weighted by atomic mass is 16.8. The molecule has 3 aliphatic rings. The molecule has 0 unspecified atom stereocenters. The molecule has 0 bridgehead atoms. The number of nitrogens with one attached hydrogen (secondary N) is 2. The van der Waals surface area contributed by atoms with Crippen LogP contribution in [0.4, 0.5) is 0 Å². The molecule has 18 nitrogen and oxygen atoms in total. The minimum atomic E-state index is -1.74. The summed E-state index contributed by atoms with van der Waals surface area (Å²) in [7, 11) is 0. The van der Waals surface area contributed by atoms with Gasteiger partial charge in [0.05, 0.1) is 19.8 Å². The van der Waals surface area contributed by atoms with Gasteiger partial charge in [-0.15, -0.1) is 0 Å². The molecule has 0 spiro atoms. The summed E-state index contributed by atoms with van der Waals surface area (Å²) >= 11 is 0. The number of carbonyl (C=O) groups excluding carboxylic acids is 2. The number of ether oxygens (including phenoxy) is 6. The number of carbonyl (C=O) groups is 2. The molecule has 0 aromatic heterocycles. The molecule has 43 heavy (non-hydrogen) atoms. The van der Waals surface area contributed by atoms with Gasteiger partial charge in [-0.05, 0) is 6.42 Å². The lowest BCUT2D eigenvalue weighted by Gasteiger charge is -2.47. The highest BCUT2D eigenvalue weighted by molar-refractivity contribution is 5.73. The zero-order chi connectivity index (χ0) is 32.0. The Hall–Kier alpha value is -1.62. The molecule has 3 fully saturated rings. The fraction of sp³-hybridized carbons (Fsp3) is 0.920. The predicted octanol–water partition coefficient (Wildman–Crippen LogP) is -5.85. The number of rotatable bonds is 12. The monoisotopic (exact) mass is 628 g/mol. The van der Waals surface area contributed by atoms with Crippen LogP contribution in [0.15, 0.2) is 0 Å². The van der Waals surface area contributed by atoms with Crippen LogP contribution in [0.1, 0.15) is 27.2 Å². The molecular formula is C25H44N2O16. The molecule has 0 saturated carbocycles. The van der Waals surface area contributed by atoms with E-state index >= 15 is 0 Å². The average Bonchev–Trinajstić information content (AvgIpc) is 2.96. The van der Waals surface area contributed by atoms with Crippen molar-refractivity contribution in [1.29, 1.82) is 0 Å². The number of hydrogen-bond acceptors (Lipinski definition) is 16. The standard InChI is InChI=1S/C25H44N2O16/c1-4-5-38-25-22(43-24-15(27-10(3)31)20(36)17(33)12(7-29)41-24)21(37)18(34)13(42-25)8-39-23-14(26-9(2)30)19(35)16(32)11(6-28)40-23/h11-25,28-29,32-37H,4-8H2,1-3H3,(H,26,30)(H,27,31)/t11-,12-,13-,14-,15-,16-,17-,18-,19-,20-,21+,22+,23-,24+,25+/m1/s1. The third kappa shape index (κ3) is 8.56. The van der Waals surface area contributed by atoms with Crippen LogP contribution >= 0.6 is 0 Å². The maximum absolute atomic E-state index is 11.8. The Balaban J connectivity index is 1.77. The molecule has 3 aliphatic heterocycles. The maximum atomic E-state index is 11.8. The van der Waals surface area contributed by atoms with Gasteiger partial charge in [-0.1, -0.05) is 6.92 Å². The topological polar surface area (TPSA) is 275 Å². The number of amides is 2. The first-order valence-electron chi connectivity index (χ1n) is 14.0. The fourth-order valence-electron chi connectivity index (χ4n) is 5.10. The molecule has 18 heteroatoms. The summed E-state index contributed by atoms with van der Waals surface area (Å²) in [5.41, 5.74) is 0. The summed E-state index contributed by atoms with van der Waals surface area (Å²) in [6.07, 6.45) is -18.9. The van der Waals surface area contributed by atoms with Crippen molar-refractivity contribution < 1.29 is 78.9 Å². The van der Waals surface area contributed by atoms with Crippen LogP contribution in [0.2, 0.25) is 0 Å². The largest absolute Gasteiger partial charge is 0.394 e. The predicted molar refractivity (Wildman–Crippen MR) is 138 cm³/mol. The molecule has 2 amide bonds. The van der Waals surface area contributed by atoms with E-state index in [0.29, 0.717) is 6.42 Å². The normalized spacial score (nSPS) is 43.7. The lowest BCUT2D eigenvalue weighted by molar-refractivity contribution is -0.360. The van der Waals surface area contributed by atoms with Gasteiger partial charge in [0.25, 0.3) is 0 Å². The van der Waals surface area contributed by atoms with E-state index in [2.05, 4.69) is 10.6 Å². The van der Waals surface area contributed by atoms with E-state index in [-0.39, 0.29) is 6.61 Å². The third-order valence-electron chi connectivity index (χ3n) is 7.35. The number of aliphatic hydroxyl groups excluding tert-OH is 8. The molecular weight excluding hydrogens is 584 g/mol. The fourth-order valence-corrected chi connectivity index (χ4v) is 5.10. The highest BCUT2D eigenvalue weighted by Crippen LogP contribution is 2.31. The van der Waals surface area contributed by atoms with Crippen molar-refractivity contribution in [3.8, 4) is 0 Å². The molecule has 15 atom stereocenters. The second kappa shape index (κ2) is 16.1. The van der Waals surface area contributed by atoms with Crippen LogP contribution in [0.25, 0.3) is 0 Å². The summed E-state index contributed by atoms with van der Waals surface area (Å²) < 4.78 is 34.2. The van der Waals surface area contributed by atoms with Crippen molar-refractivity contribution in [2.75, 3.05) is 26.4 Å². The summed E-state index contributed by atoms with van der Waals surface area (Å²) in [6, 6.07) is -2.61. The van der Waals surface area contributed by atoms with Gasteiger partial charge in [-0.2, -0.15) is 0 Å². The van der Waals surface area contributed by atoms with Crippen molar-refractivity contribution in [1.82, 2.24) is 10.6 Å². The first-order valence-corrected chi connectivity index (χ1v) is 14.0. The van der Waals surface area contributed by atoms with Crippen LogP contribution in [-0.4, -0.2) is 171 Å². The van der Waals surface area contributed by atoms with Gasteiger partial charge in [0.15, 0.2) is 18.9 Å². The smallest absolute Gasteiger partial charge is 0.217 e. The van der Waals surface area contributed by atoms with E-state index < -0.39 is 124 Å². The quantitative estimate of drug-likeness (QED) is 0.0963. The first-order chi connectivity index (χ1) is 20.3. The van der Waals surface area contributed by atoms with Crippen molar-refractivity contribution >= 4 is 11.8 Å². The van der Waals surface area contributed by atoms with Crippen molar-refractivity contribution in [3.63, 3.8) is 0 Å². The van der Waals surface area contributed by atoms with Gasteiger partial charge in [0, 0.05) is 20.5 Å². The summed E-state index contributed by atoms with van der Waals surface area (Å²) in [5, 5.41) is 87.5. The molecule has 10 N–H and O–H groups in total. The summed E-state index contributed by atoms with van der Waals surface area (Å²) in [6.45, 7) is 2.35. The Kier molecular flexibility index (Phi) is 13.4. The molecule has 3 saturated heterocycles. The Morgan fingerprint density at radius 1 is 0.651 bits per heavy atom. The van der Waals surface area contributed by atoms with Gasteiger partial charge in [-0.3, -0.25) is 9.59 Å². The molecule has 3 rings (SSSR count). The van der Waals surface area contributed by atoms with E-state index in [9.17, 15) is 50.4 Å². The second-order valence-corrected chi connectivity index (χ2v) is 10.7. The minimum absolute atomic E-state index is 0.112. The summed E-state index contributed by atoms with van der Waals surface area (Å²) in [5.74, 6) is -1.17. The van der Waals surface area contributed by atoms with Gasteiger partial charge in [0.2, 0.25) is 11.8 Å². The zero-order valence-corrected chi connectivity index (χ0v) is 24.0. The Morgan fingerprint density at radius 3 is 1.60 bits per heavy atom. The Bertz CT molecular complexity index is 899. The molecule has 0 aromatic carbocycles. The van der Waals surface area contributed by atoms with Crippen molar-refractivity contribution in [2.24, 2.45) is 0 Å². The van der Waals surface area contributed by atoms with Crippen molar-refractivity contribution in [3.05, 3.63) is 0 Å². The first kappa shape index (κ1) is 35.9. The zero-order valence-electron chi connectivity index (χ0n) is 24.0. The third-order valence-corrected chi connectivity index (χ3v) is 7.35. The SMILES string of the molecule is CCCO[C@H]1O[C@H](CO[C@@H]2O[C@H](CO)[C@@H](O)[C@H](O)[C@H]2NC(C)=O)[C@@H](O)[C@H](O)[C@@H]1O[C@@H]1O[C@H](CO)[C@@H](O)[C@H](O)[C@H]1NC(C)=O. The van der Waals surface area contributed by atoms with Gasteiger partial charge < -0.3 is 79.9 Å². The summed E-state index contributed by atoms with van der Waals surface area (Å²) in [4.78, 5) is 23.5. The lowest BCUT2D eigenvalue weighted by atomic mass is 9.95. The second-order valence-electron chi connectivity index (χ2n) is 10.7. The van der Waals surface area contributed by atoms with Crippen LogP contribution in [0, 0.1) is 0 Å². The van der Waals surface area contributed by atoms with E-state index in [0.717, 1.165) is 6.92 Å². The number of aliphatic hydroxyl groups is 8. The highest BCUT2D eigenvalue weighted by Gasteiger charge is 2.52. The molecule has 0 aliphatic carbocycles. The van der Waals surface area contributed by atoms with Crippen LogP contribution in [0.3, 0.4) is 0 Å². The van der Waals surface area contributed by atoms with Gasteiger partial charge in [0.1, 0.15) is 73.1 Å². The molecule has 0 radical (unpaired) electrons. The van der Waals surface area contributed by atoms with Crippen molar-refractivity contribution in [2.45, 2.75) is 119 Å². The molecule has 3 heterocycles. The lowest BCUT2D eigenvalue weighted by Crippen LogP contribution is -2.68. The van der Waals surface area contributed by atoms with E-state index in [1.807, 2.05) is 0 Å². The average molecular weight is 629 g/mol. The van der Waals surface area contributed by atoms with E-state index in [1.165, 1.54) is 6.92 Å². The van der Waals surface area contributed by atoms with E-state index in [1.54, 1.807) is 6.92 Å². The van der Waals surface area contributed by atoms with Crippen LogP contribution in [-0.2, 0) is 38.0 Å². The van der Waals surface area contributed by atoms with Gasteiger partial charge >= 0.3 is 0 Å². The van der Waals surface area contributed by atoms with E-state index in [4.69, 9.17) is 28.4 Å². The number of hydrogen-bond donors (Lipinski definition) is 10. The minimum Gasteiger partial charge on any atom is -0.394 e.